The maximum Gasteiger partial charge on any atom is 0.326 e. The highest BCUT2D eigenvalue weighted by Crippen LogP contribution is 2.19. The Bertz CT molecular complexity index is 685. The van der Waals surface area contributed by atoms with Gasteiger partial charge in [0.05, 0.1) is 6.61 Å². The number of esters is 1. The molecule has 0 saturated heterocycles. The summed E-state index contributed by atoms with van der Waals surface area (Å²) >= 11 is 0. The van der Waals surface area contributed by atoms with Crippen molar-refractivity contribution in [2.24, 2.45) is 5.73 Å². The molecule has 0 unspecified atom stereocenters. The van der Waals surface area contributed by atoms with Crippen LogP contribution in [0, 0.1) is 6.92 Å². The molecule has 3 N–H and O–H groups in total. The molecule has 23 heavy (non-hydrogen) atoms. The van der Waals surface area contributed by atoms with Crippen LogP contribution in [-0.4, -0.2) is 32.2 Å². The highest BCUT2D eigenvalue weighted by Gasteiger charge is 2.33. The van der Waals surface area contributed by atoms with Crippen molar-refractivity contribution in [1.82, 2.24) is 0 Å². The zero-order chi connectivity index (χ0) is 17.6. The van der Waals surface area contributed by atoms with Crippen molar-refractivity contribution in [2.45, 2.75) is 38.9 Å². The van der Waals surface area contributed by atoms with Crippen molar-refractivity contribution < 1.29 is 22.7 Å². The summed E-state index contributed by atoms with van der Waals surface area (Å²) in [6.07, 6.45) is 0.677. The number of hydrogen-bond donors (Lipinski definition) is 2. The van der Waals surface area contributed by atoms with Gasteiger partial charge < -0.3 is 10.5 Å². The average Bonchev–Trinajstić information content (AvgIpc) is 2.43. The van der Waals surface area contributed by atoms with Crippen molar-refractivity contribution in [1.29, 1.82) is 0 Å². The lowest BCUT2D eigenvalue weighted by Crippen LogP contribution is -2.36. The maximum absolute atomic E-state index is 12.4. The molecule has 1 aromatic carbocycles. The van der Waals surface area contributed by atoms with E-state index in [0.717, 1.165) is 0 Å². The molecular weight excluding hydrogens is 320 g/mol. The van der Waals surface area contributed by atoms with Gasteiger partial charge in [-0.3, -0.25) is 14.3 Å². The third-order valence-electron chi connectivity index (χ3n) is 3.23. The fourth-order valence-electron chi connectivity index (χ4n) is 2.14. The highest BCUT2D eigenvalue weighted by molar-refractivity contribution is 7.94. The van der Waals surface area contributed by atoms with E-state index in [-0.39, 0.29) is 18.7 Å². The van der Waals surface area contributed by atoms with Crippen molar-refractivity contribution in [3.8, 4) is 0 Å². The van der Waals surface area contributed by atoms with Crippen LogP contribution < -0.4 is 10.5 Å². The number of amides is 1. The van der Waals surface area contributed by atoms with E-state index in [1.54, 1.807) is 20.8 Å². The molecule has 0 aromatic heterocycles. The van der Waals surface area contributed by atoms with Gasteiger partial charge in [0, 0.05) is 11.3 Å². The summed E-state index contributed by atoms with van der Waals surface area (Å²) in [6.45, 7) is 5.16. The number of anilines is 1. The molecule has 1 atom stereocenters. The molecule has 0 aliphatic rings. The standard InChI is InChI=1S/C15H22N2O5S/c1-4-6-13(15(19)22-5-2)23(20,21)17-11-7-8-12(14(16)18)10(3)9-11/h7-9,13,17H,4-6H2,1-3H3,(H2,16,18)/t13-/m0/s1. The minimum Gasteiger partial charge on any atom is -0.465 e. The van der Waals surface area contributed by atoms with Crippen LogP contribution in [0.5, 0.6) is 0 Å². The number of primary amides is 1. The van der Waals surface area contributed by atoms with Gasteiger partial charge in [-0.1, -0.05) is 13.3 Å². The van der Waals surface area contributed by atoms with E-state index in [0.29, 0.717) is 17.5 Å². The Kier molecular flexibility index (Phi) is 6.56. The Morgan fingerprint density at radius 1 is 1.30 bits per heavy atom. The van der Waals surface area contributed by atoms with Crippen molar-refractivity contribution in [3.63, 3.8) is 0 Å². The first-order valence-corrected chi connectivity index (χ1v) is 8.86. The summed E-state index contributed by atoms with van der Waals surface area (Å²) in [4.78, 5) is 23.1. The summed E-state index contributed by atoms with van der Waals surface area (Å²) in [5.41, 5.74) is 6.33. The minimum atomic E-state index is -3.95. The van der Waals surface area contributed by atoms with Crippen molar-refractivity contribution >= 4 is 27.6 Å². The Balaban J connectivity index is 3.06. The average molecular weight is 342 g/mol. The molecule has 1 rings (SSSR count). The van der Waals surface area contributed by atoms with Crippen LogP contribution in [0.4, 0.5) is 5.69 Å². The number of hydrogen-bond acceptors (Lipinski definition) is 5. The summed E-state index contributed by atoms with van der Waals surface area (Å²) in [5.74, 6) is -1.36. The van der Waals surface area contributed by atoms with Crippen molar-refractivity contribution in [3.05, 3.63) is 29.3 Å². The van der Waals surface area contributed by atoms with Crippen LogP contribution in [0.2, 0.25) is 0 Å². The van der Waals surface area contributed by atoms with Crippen LogP contribution in [-0.2, 0) is 19.6 Å². The number of sulfonamides is 1. The largest absolute Gasteiger partial charge is 0.465 e. The number of ether oxygens (including phenoxy) is 1. The third-order valence-corrected chi connectivity index (χ3v) is 4.92. The van der Waals surface area contributed by atoms with Crippen LogP contribution in [0.15, 0.2) is 18.2 Å². The molecule has 0 heterocycles. The van der Waals surface area contributed by atoms with Gasteiger partial charge in [-0.25, -0.2) is 8.42 Å². The van der Waals surface area contributed by atoms with Crippen LogP contribution in [0.1, 0.15) is 42.6 Å². The van der Waals surface area contributed by atoms with Crippen molar-refractivity contribution in [2.75, 3.05) is 11.3 Å². The van der Waals surface area contributed by atoms with E-state index in [1.165, 1.54) is 18.2 Å². The molecule has 0 fully saturated rings. The monoisotopic (exact) mass is 342 g/mol. The lowest BCUT2D eigenvalue weighted by Gasteiger charge is -2.17. The molecule has 8 heteroatoms. The smallest absolute Gasteiger partial charge is 0.326 e. The van der Waals surface area contributed by atoms with Crippen LogP contribution in [0.3, 0.4) is 0 Å². The summed E-state index contributed by atoms with van der Waals surface area (Å²) < 4.78 is 32.1. The topological polar surface area (TPSA) is 116 Å². The lowest BCUT2D eigenvalue weighted by molar-refractivity contribution is -0.142. The van der Waals surface area contributed by atoms with Gasteiger partial charge in [0.1, 0.15) is 0 Å². The number of nitrogens with two attached hydrogens (primary N) is 1. The molecule has 0 spiro atoms. The summed E-state index contributed by atoms with van der Waals surface area (Å²) in [6, 6.07) is 4.36. The molecule has 7 nitrogen and oxygen atoms in total. The molecule has 0 saturated carbocycles. The zero-order valence-electron chi connectivity index (χ0n) is 13.5. The highest BCUT2D eigenvalue weighted by atomic mass is 32.2. The van der Waals surface area contributed by atoms with Gasteiger partial charge in [0.15, 0.2) is 5.25 Å². The van der Waals surface area contributed by atoms with Crippen LogP contribution in [0.25, 0.3) is 0 Å². The summed E-state index contributed by atoms with van der Waals surface area (Å²) in [7, 11) is -3.95. The number of carbonyl (C=O) groups excluding carboxylic acids is 2. The molecule has 0 bridgehead atoms. The predicted molar refractivity (Wildman–Crippen MR) is 87.6 cm³/mol. The van der Waals surface area contributed by atoms with E-state index >= 15 is 0 Å². The van der Waals surface area contributed by atoms with E-state index < -0.39 is 27.1 Å². The number of benzene rings is 1. The molecule has 1 amide bonds. The van der Waals surface area contributed by atoms with Gasteiger partial charge in [-0.2, -0.15) is 0 Å². The Labute approximate surface area is 136 Å². The number of rotatable bonds is 8. The Morgan fingerprint density at radius 3 is 2.43 bits per heavy atom. The second-order valence-corrected chi connectivity index (χ2v) is 6.93. The first-order valence-electron chi connectivity index (χ1n) is 7.31. The quantitative estimate of drug-likeness (QED) is 0.696. The maximum atomic E-state index is 12.4. The molecular formula is C15H22N2O5S. The third kappa shape index (κ3) is 4.95. The molecule has 0 radical (unpaired) electrons. The van der Waals surface area contributed by atoms with Gasteiger partial charge in [-0.15, -0.1) is 0 Å². The first kappa shape index (κ1) is 19.0. The van der Waals surface area contributed by atoms with Gasteiger partial charge >= 0.3 is 5.97 Å². The normalized spacial score (nSPS) is 12.5. The first-order chi connectivity index (χ1) is 10.7. The fraction of sp³-hybridized carbons (Fsp3) is 0.467. The van der Waals surface area contributed by atoms with E-state index in [4.69, 9.17) is 10.5 Å². The lowest BCUT2D eigenvalue weighted by atomic mass is 10.1. The Morgan fingerprint density at radius 2 is 1.96 bits per heavy atom. The second-order valence-electron chi connectivity index (χ2n) is 5.07. The summed E-state index contributed by atoms with van der Waals surface area (Å²) in [5, 5.41) is -1.27. The molecule has 1 aromatic rings. The SMILES string of the molecule is CCC[C@@H](C(=O)OCC)S(=O)(=O)Nc1ccc(C(N)=O)c(C)c1. The molecule has 0 aliphatic carbocycles. The number of carbonyl (C=O) groups is 2. The minimum absolute atomic E-state index is 0.112. The Hall–Kier alpha value is -2.09. The molecule has 0 aliphatic heterocycles. The molecule has 128 valence electrons. The van der Waals surface area contributed by atoms with Gasteiger partial charge in [0.25, 0.3) is 0 Å². The van der Waals surface area contributed by atoms with E-state index in [2.05, 4.69) is 4.72 Å². The second kappa shape index (κ2) is 7.96. The van der Waals surface area contributed by atoms with Crippen LogP contribution >= 0.6 is 0 Å². The zero-order valence-corrected chi connectivity index (χ0v) is 14.3. The number of aryl methyl sites for hydroxylation is 1. The predicted octanol–water partition coefficient (Wildman–Crippen LogP) is 1.57. The van der Waals surface area contributed by atoms with E-state index in [1.807, 2.05) is 0 Å². The fourth-order valence-corrected chi connectivity index (χ4v) is 3.60. The van der Waals surface area contributed by atoms with Gasteiger partial charge in [0.2, 0.25) is 15.9 Å². The van der Waals surface area contributed by atoms with E-state index in [9.17, 15) is 18.0 Å². The van der Waals surface area contributed by atoms with Gasteiger partial charge in [-0.05, 0) is 44.0 Å². The number of nitrogens with one attached hydrogen (secondary N) is 1.